The van der Waals surface area contributed by atoms with Crippen molar-refractivity contribution in [1.82, 2.24) is 4.98 Å². The molecule has 0 amide bonds. The number of aryl methyl sites for hydroxylation is 1. The first kappa shape index (κ1) is 11.5. The smallest absolute Gasteiger partial charge is 0.335 e. The number of nitrogens with zero attached hydrogens (tertiary/aromatic N) is 1. The Kier molecular flexibility index (Phi) is 3.27. The molecule has 0 radical (unpaired) electrons. The summed E-state index contributed by atoms with van der Waals surface area (Å²) in [6, 6.07) is 8.67. The third-order valence-corrected chi connectivity index (χ3v) is 2.08. The van der Waals surface area contributed by atoms with E-state index >= 15 is 0 Å². The minimum absolute atomic E-state index is 0. The molecular weight excluding hydrogens is 214 g/mol. The van der Waals surface area contributed by atoms with Gasteiger partial charge in [0, 0.05) is 11.1 Å². The first-order chi connectivity index (χ1) is 6.66. The predicted molar refractivity (Wildman–Crippen MR) is 60.7 cm³/mol. The molecule has 0 saturated carbocycles. The fraction of sp³-hybridized carbons (Fsp3) is 0.0909. The standard InChI is InChI=1S/C11H9NO2.ClH/c1-7-2-3-8-6-9(11(13)14)4-5-10(8)12-7;/h2-6H,1H3,(H,13,14);1H. The molecule has 0 bridgehead atoms. The Labute approximate surface area is 93.2 Å². The highest BCUT2D eigenvalue weighted by atomic mass is 35.5. The normalized spacial score (nSPS) is 9.67. The number of aromatic carboxylic acids is 1. The first-order valence-electron chi connectivity index (χ1n) is 4.27. The highest BCUT2D eigenvalue weighted by molar-refractivity contribution is 5.93. The summed E-state index contributed by atoms with van der Waals surface area (Å²) in [4.78, 5) is 15.0. The van der Waals surface area contributed by atoms with Crippen LogP contribution in [-0.2, 0) is 0 Å². The summed E-state index contributed by atoms with van der Waals surface area (Å²) in [5.74, 6) is -0.910. The van der Waals surface area contributed by atoms with E-state index in [0.29, 0.717) is 5.56 Å². The van der Waals surface area contributed by atoms with Gasteiger partial charge in [-0.3, -0.25) is 4.98 Å². The number of fused-ring (bicyclic) bond motifs is 1. The summed E-state index contributed by atoms with van der Waals surface area (Å²) in [5.41, 5.74) is 2.05. The van der Waals surface area contributed by atoms with Gasteiger partial charge in [-0.25, -0.2) is 4.79 Å². The Hall–Kier alpha value is -1.61. The number of benzene rings is 1. The zero-order valence-corrected chi connectivity index (χ0v) is 8.91. The molecule has 15 heavy (non-hydrogen) atoms. The van der Waals surface area contributed by atoms with Gasteiger partial charge < -0.3 is 5.11 Å². The number of halogens is 1. The number of carboxylic acid groups (broad SMARTS) is 1. The second-order valence-electron chi connectivity index (χ2n) is 3.17. The van der Waals surface area contributed by atoms with Crippen molar-refractivity contribution in [2.75, 3.05) is 0 Å². The molecular formula is C11H10ClNO2. The van der Waals surface area contributed by atoms with Crippen molar-refractivity contribution >= 4 is 29.3 Å². The third kappa shape index (κ3) is 2.25. The molecule has 1 N–H and O–H groups in total. The molecule has 1 heterocycles. The van der Waals surface area contributed by atoms with Gasteiger partial charge in [0.2, 0.25) is 0 Å². The SMILES string of the molecule is Cc1ccc2cc(C(=O)O)ccc2n1.Cl. The number of hydrogen-bond acceptors (Lipinski definition) is 2. The second-order valence-corrected chi connectivity index (χ2v) is 3.17. The van der Waals surface area contributed by atoms with E-state index in [-0.39, 0.29) is 12.4 Å². The Morgan fingerprint density at radius 1 is 1.27 bits per heavy atom. The maximum absolute atomic E-state index is 10.7. The van der Waals surface area contributed by atoms with E-state index < -0.39 is 5.97 Å². The van der Waals surface area contributed by atoms with Gasteiger partial charge in [-0.15, -0.1) is 12.4 Å². The fourth-order valence-corrected chi connectivity index (χ4v) is 1.36. The molecule has 78 valence electrons. The van der Waals surface area contributed by atoms with Crippen LogP contribution in [-0.4, -0.2) is 16.1 Å². The van der Waals surface area contributed by atoms with Gasteiger partial charge in [0.25, 0.3) is 0 Å². The van der Waals surface area contributed by atoms with Crippen LogP contribution in [0, 0.1) is 6.92 Å². The third-order valence-electron chi connectivity index (χ3n) is 2.08. The van der Waals surface area contributed by atoms with Crippen molar-refractivity contribution < 1.29 is 9.90 Å². The zero-order chi connectivity index (χ0) is 10.1. The highest BCUT2D eigenvalue weighted by Crippen LogP contribution is 2.14. The molecule has 0 fully saturated rings. The van der Waals surface area contributed by atoms with Gasteiger partial charge >= 0.3 is 5.97 Å². The molecule has 0 aliphatic heterocycles. The van der Waals surface area contributed by atoms with Crippen LogP contribution < -0.4 is 0 Å². The van der Waals surface area contributed by atoms with Crippen LogP contribution in [0.15, 0.2) is 30.3 Å². The van der Waals surface area contributed by atoms with E-state index in [1.165, 1.54) is 0 Å². The number of hydrogen-bond donors (Lipinski definition) is 1. The van der Waals surface area contributed by atoms with Crippen LogP contribution in [0.2, 0.25) is 0 Å². The Balaban J connectivity index is 0.00000112. The number of pyridine rings is 1. The van der Waals surface area contributed by atoms with Crippen molar-refractivity contribution in [2.24, 2.45) is 0 Å². The lowest BCUT2D eigenvalue weighted by atomic mass is 10.1. The van der Waals surface area contributed by atoms with E-state index in [0.717, 1.165) is 16.6 Å². The first-order valence-corrected chi connectivity index (χ1v) is 4.27. The summed E-state index contributed by atoms with van der Waals surface area (Å²) in [7, 11) is 0. The quantitative estimate of drug-likeness (QED) is 0.809. The Morgan fingerprint density at radius 2 is 2.00 bits per heavy atom. The van der Waals surface area contributed by atoms with Crippen molar-refractivity contribution in [1.29, 1.82) is 0 Å². The molecule has 0 spiro atoms. The van der Waals surface area contributed by atoms with E-state index in [2.05, 4.69) is 4.98 Å². The maximum atomic E-state index is 10.7. The molecule has 2 rings (SSSR count). The summed E-state index contributed by atoms with van der Waals surface area (Å²) in [6.07, 6.45) is 0. The average molecular weight is 224 g/mol. The summed E-state index contributed by atoms with van der Waals surface area (Å²) in [5, 5.41) is 9.64. The largest absolute Gasteiger partial charge is 0.478 e. The fourth-order valence-electron chi connectivity index (χ4n) is 1.36. The van der Waals surface area contributed by atoms with Crippen molar-refractivity contribution in [2.45, 2.75) is 6.92 Å². The molecule has 0 aliphatic carbocycles. The topological polar surface area (TPSA) is 50.2 Å². The molecule has 0 aliphatic rings. The highest BCUT2D eigenvalue weighted by Gasteiger charge is 2.03. The number of aromatic nitrogens is 1. The molecule has 0 atom stereocenters. The minimum atomic E-state index is -0.910. The van der Waals surface area contributed by atoms with E-state index in [4.69, 9.17) is 5.11 Å². The molecule has 2 aromatic rings. The van der Waals surface area contributed by atoms with Crippen LogP contribution in [0.25, 0.3) is 10.9 Å². The number of rotatable bonds is 1. The van der Waals surface area contributed by atoms with Crippen LogP contribution in [0.4, 0.5) is 0 Å². The lowest BCUT2D eigenvalue weighted by Gasteiger charge is -1.99. The molecule has 1 aromatic heterocycles. The van der Waals surface area contributed by atoms with Crippen molar-refractivity contribution in [3.63, 3.8) is 0 Å². The van der Waals surface area contributed by atoms with Gasteiger partial charge in [0.1, 0.15) is 0 Å². The van der Waals surface area contributed by atoms with Gasteiger partial charge in [-0.2, -0.15) is 0 Å². The molecule has 0 unspecified atom stereocenters. The molecule has 1 aromatic carbocycles. The monoisotopic (exact) mass is 223 g/mol. The van der Waals surface area contributed by atoms with Gasteiger partial charge in [0.05, 0.1) is 11.1 Å². The second kappa shape index (κ2) is 4.28. The Morgan fingerprint density at radius 3 is 2.67 bits per heavy atom. The van der Waals surface area contributed by atoms with Crippen LogP contribution in [0.3, 0.4) is 0 Å². The van der Waals surface area contributed by atoms with Crippen LogP contribution in [0.5, 0.6) is 0 Å². The minimum Gasteiger partial charge on any atom is -0.478 e. The maximum Gasteiger partial charge on any atom is 0.335 e. The molecule has 4 heteroatoms. The van der Waals surface area contributed by atoms with Crippen LogP contribution in [0.1, 0.15) is 16.1 Å². The zero-order valence-electron chi connectivity index (χ0n) is 8.10. The lowest BCUT2D eigenvalue weighted by Crippen LogP contribution is -1.95. The van der Waals surface area contributed by atoms with Crippen LogP contribution >= 0.6 is 12.4 Å². The van der Waals surface area contributed by atoms with Gasteiger partial charge in [-0.05, 0) is 31.2 Å². The summed E-state index contributed by atoms with van der Waals surface area (Å²) < 4.78 is 0. The van der Waals surface area contributed by atoms with E-state index in [1.807, 2.05) is 19.1 Å². The van der Waals surface area contributed by atoms with Gasteiger partial charge in [0.15, 0.2) is 0 Å². The molecule has 0 saturated heterocycles. The number of carbonyl (C=O) groups is 1. The van der Waals surface area contributed by atoms with E-state index in [1.54, 1.807) is 18.2 Å². The van der Waals surface area contributed by atoms with Gasteiger partial charge in [-0.1, -0.05) is 6.07 Å². The lowest BCUT2D eigenvalue weighted by molar-refractivity contribution is 0.0697. The van der Waals surface area contributed by atoms with Crippen molar-refractivity contribution in [3.05, 3.63) is 41.6 Å². The summed E-state index contributed by atoms with van der Waals surface area (Å²) in [6.45, 7) is 1.91. The van der Waals surface area contributed by atoms with E-state index in [9.17, 15) is 4.79 Å². The predicted octanol–water partition coefficient (Wildman–Crippen LogP) is 2.66. The average Bonchev–Trinajstić information content (AvgIpc) is 2.16. The molecule has 3 nitrogen and oxygen atoms in total. The number of carboxylic acids is 1. The Bertz CT molecular complexity index is 511. The summed E-state index contributed by atoms with van der Waals surface area (Å²) >= 11 is 0. The van der Waals surface area contributed by atoms with Crippen molar-refractivity contribution in [3.8, 4) is 0 Å².